The van der Waals surface area contributed by atoms with E-state index in [1.54, 1.807) is 0 Å². The highest BCUT2D eigenvalue weighted by atomic mass is 32.1. The maximum absolute atomic E-state index is 2.44. The van der Waals surface area contributed by atoms with Crippen LogP contribution in [0.4, 0.5) is 0 Å². The molecule has 0 bridgehead atoms. The lowest BCUT2D eigenvalue weighted by molar-refractivity contribution is 1.18. The Morgan fingerprint density at radius 3 is 1.74 bits per heavy atom. The number of nitrogens with zero attached hydrogens (tertiary/aromatic N) is 2. The standard InChI is InChI=1S/C54H34N2S/c1-2-17-39(18-3-1)55-48-26-7-4-20-43(48)44-31-30-38(34-51(44)55)41-23-13-28-50-53(41)47-22-5-8-27-49(47)56(50)40-19-11-15-36(33-40)35-14-10-16-37(32-35)42-24-12-25-46-45-21-6-9-29-52(45)57-54(42)46/h1-34H. The van der Waals surface area contributed by atoms with Gasteiger partial charge in [-0.15, -0.1) is 11.3 Å². The lowest BCUT2D eigenvalue weighted by Gasteiger charge is -2.12. The van der Waals surface area contributed by atoms with Crippen molar-refractivity contribution in [2.24, 2.45) is 0 Å². The molecule has 12 aromatic rings. The first-order chi connectivity index (χ1) is 28.3. The molecule has 0 N–H and O–H groups in total. The van der Waals surface area contributed by atoms with Crippen molar-refractivity contribution < 1.29 is 0 Å². The van der Waals surface area contributed by atoms with Crippen molar-refractivity contribution in [2.75, 3.05) is 0 Å². The van der Waals surface area contributed by atoms with E-state index in [2.05, 4.69) is 215 Å². The van der Waals surface area contributed by atoms with Crippen molar-refractivity contribution in [3.05, 3.63) is 206 Å². The quantitative estimate of drug-likeness (QED) is 0.166. The third-order valence-electron chi connectivity index (χ3n) is 11.7. The van der Waals surface area contributed by atoms with Crippen molar-refractivity contribution in [1.82, 2.24) is 9.13 Å². The summed E-state index contributed by atoms with van der Waals surface area (Å²) in [7, 11) is 0. The molecular weight excluding hydrogens is 709 g/mol. The van der Waals surface area contributed by atoms with Crippen LogP contribution in [-0.2, 0) is 0 Å². The fourth-order valence-corrected chi connectivity index (χ4v) is 10.4. The molecule has 266 valence electrons. The molecule has 3 heteroatoms. The first-order valence-electron chi connectivity index (χ1n) is 19.5. The Morgan fingerprint density at radius 1 is 0.298 bits per heavy atom. The van der Waals surface area contributed by atoms with E-state index in [1.165, 1.54) is 103 Å². The zero-order valence-corrected chi connectivity index (χ0v) is 31.7. The minimum Gasteiger partial charge on any atom is -0.309 e. The van der Waals surface area contributed by atoms with Crippen molar-refractivity contribution in [3.8, 4) is 44.8 Å². The summed E-state index contributed by atoms with van der Waals surface area (Å²) >= 11 is 1.88. The second-order valence-corrected chi connectivity index (χ2v) is 15.9. The maximum Gasteiger partial charge on any atom is 0.0547 e. The molecule has 0 aliphatic rings. The smallest absolute Gasteiger partial charge is 0.0547 e. The minimum absolute atomic E-state index is 1.15. The van der Waals surface area contributed by atoms with Gasteiger partial charge in [0.25, 0.3) is 0 Å². The molecule has 9 aromatic carbocycles. The molecule has 12 rings (SSSR count). The molecular formula is C54H34N2S. The van der Waals surface area contributed by atoms with Gasteiger partial charge in [0, 0.05) is 53.1 Å². The number of benzene rings is 9. The highest BCUT2D eigenvalue weighted by Crippen LogP contribution is 2.43. The normalized spacial score (nSPS) is 11.9. The number of thiophene rings is 1. The van der Waals surface area contributed by atoms with Crippen LogP contribution in [0.1, 0.15) is 0 Å². The average molecular weight is 743 g/mol. The third-order valence-corrected chi connectivity index (χ3v) is 12.9. The van der Waals surface area contributed by atoms with Crippen LogP contribution in [0.5, 0.6) is 0 Å². The summed E-state index contributed by atoms with van der Waals surface area (Å²) in [5.41, 5.74) is 14.5. The number of hydrogen-bond donors (Lipinski definition) is 0. The van der Waals surface area contributed by atoms with Crippen molar-refractivity contribution in [2.45, 2.75) is 0 Å². The molecule has 2 nitrogen and oxygen atoms in total. The van der Waals surface area contributed by atoms with E-state index in [9.17, 15) is 0 Å². The van der Waals surface area contributed by atoms with Gasteiger partial charge >= 0.3 is 0 Å². The van der Waals surface area contributed by atoms with Crippen LogP contribution in [-0.4, -0.2) is 9.13 Å². The van der Waals surface area contributed by atoms with Gasteiger partial charge in [0.05, 0.1) is 22.1 Å². The summed E-state index contributed by atoms with van der Waals surface area (Å²) < 4.78 is 7.51. The van der Waals surface area contributed by atoms with E-state index < -0.39 is 0 Å². The molecule has 0 amide bonds. The zero-order valence-electron chi connectivity index (χ0n) is 30.9. The second kappa shape index (κ2) is 12.7. The molecule has 0 spiro atoms. The number of rotatable bonds is 5. The van der Waals surface area contributed by atoms with Gasteiger partial charge < -0.3 is 9.13 Å². The molecule has 57 heavy (non-hydrogen) atoms. The second-order valence-electron chi connectivity index (χ2n) is 14.9. The Morgan fingerprint density at radius 2 is 0.860 bits per heavy atom. The molecule has 3 aromatic heterocycles. The van der Waals surface area contributed by atoms with E-state index in [0.717, 1.165) is 5.69 Å². The lowest BCUT2D eigenvalue weighted by Crippen LogP contribution is -1.94. The van der Waals surface area contributed by atoms with Gasteiger partial charge in [-0.1, -0.05) is 146 Å². The molecule has 0 aliphatic carbocycles. The van der Waals surface area contributed by atoms with Crippen LogP contribution < -0.4 is 0 Å². The maximum atomic E-state index is 2.44. The highest BCUT2D eigenvalue weighted by Gasteiger charge is 2.19. The van der Waals surface area contributed by atoms with Gasteiger partial charge in [-0.25, -0.2) is 0 Å². The topological polar surface area (TPSA) is 9.86 Å². The van der Waals surface area contributed by atoms with Crippen LogP contribution in [0.2, 0.25) is 0 Å². The van der Waals surface area contributed by atoms with E-state index in [4.69, 9.17) is 0 Å². The van der Waals surface area contributed by atoms with Crippen LogP contribution in [0.25, 0.3) is 109 Å². The van der Waals surface area contributed by atoms with Gasteiger partial charge in [0.15, 0.2) is 0 Å². The molecule has 0 fully saturated rings. The monoisotopic (exact) mass is 742 g/mol. The van der Waals surface area contributed by atoms with Crippen LogP contribution in [0.3, 0.4) is 0 Å². The first kappa shape index (κ1) is 32.1. The number of para-hydroxylation sites is 3. The van der Waals surface area contributed by atoms with Crippen molar-refractivity contribution in [3.63, 3.8) is 0 Å². The summed E-state index contributed by atoms with van der Waals surface area (Å²) in [5.74, 6) is 0. The summed E-state index contributed by atoms with van der Waals surface area (Å²) in [6, 6.07) is 75.6. The SMILES string of the molecule is c1ccc(-n2c3ccccc3c3ccc(-c4cccc5c4c4ccccc4n5-c4cccc(-c5cccc(-c6cccc7c6sc6ccccc67)c5)c4)cc32)cc1. The number of hydrogen-bond acceptors (Lipinski definition) is 1. The van der Waals surface area contributed by atoms with E-state index >= 15 is 0 Å². The molecule has 0 atom stereocenters. The Labute approximate surface area is 333 Å². The molecule has 0 aliphatic heterocycles. The first-order valence-corrected chi connectivity index (χ1v) is 20.3. The Balaban J connectivity index is 1.01. The fourth-order valence-electron chi connectivity index (χ4n) is 9.20. The number of aromatic nitrogens is 2. The fraction of sp³-hybridized carbons (Fsp3) is 0. The summed E-state index contributed by atoms with van der Waals surface area (Å²) in [4.78, 5) is 0. The van der Waals surface area contributed by atoms with E-state index in [0.29, 0.717) is 0 Å². The van der Waals surface area contributed by atoms with Crippen molar-refractivity contribution in [1.29, 1.82) is 0 Å². The van der Waals surface area contributed by atoms with Crippen LogP contribution in [0.15, 0.2) is 206 Å². The van der Waals surface area contributed by atoms with Gasteiger partial charge in [-0.2, -0.15) is 0 Å². The Kier molecular flexibility index (Phi) is 7.13. The minimum atomic E-state index is 1.15. The van der Waals surface area contributed by atoms with E-state index in [1.807, 2.05) is 11.3 Å². The van der Waals surface area contributed by atoms with Crippen LogP contribution in [0, 0.1) is 0 Å². The van der Waals surface area contributed by atoms with Gasteiger partial charge in [0.2, 0.25) is 0 Å². The van der Waals surface area contributed by atoms with E-state index in [-0.39, 0.29) is 0 Å². The predicted molar refractivity (Wildman–Crippen MR) is 244 cm³/mol. The molecule has 0 unspecified atom stereocenters. The predicted octanol–water partition coefficient (Wildman–Crippen LogP) is 15.2. The van der Waals surface area contributed by atoms with Gasteiger partial charge in [-0.05, 0) is 94.0 Å². The largest absolute Gasteiger partial charge is 0.309 e. The Bertz CT molecular complexity index is 3530. The Hall–Kier alpha value is -7.20. The summed E-state index contributed by atoms with van der Waals surface area (Å²) in [5, 5.41) is 7.68. The molecule has 0 radical (unpaired) electrons. The molecule has 0 saturated heterocycles. The zero-order chi connectivity index (χ0) is 37.5. The third kappa shape index (κ3) is 4.96. The average Bonchev–Trinajstić information content (AvgIpc) is 3.94. The van der Waals surface area contributed by atoms with Crippen LogP contribution >= 0.6 is 11.3 Å². The summed E-state index contributed by atoms with van der Waals surface area (Å²) in [6.45, 7) is 0. The van der Waals surface area contributed by atoms with Gasteiger partial charge in [0.1, 0.15) is 0 Å². The molecule has 3 heterocycles. The summed E-state index contributed by atoms with van der Waals surface area (Å²) in [6.07, 6.45) is 0. The molecule has 0 saturated carbocycles. The van der Waals surface area contributed by atoms with Crippen molar-refractivity contribution >= 4 is 75.1 Å². The number of fused-ring (bicyclic) bond motifs is 9. The highest BCUT2D eigenvalue weighted by molar-refractivity contribution is 7.26. The lowest BCUT2D eigenvalue weighted by atomic mass is 9.97. The van der Waals surface area contributed by atoms with Gasteiger partial charge in [-0.3, -0.25) is 0 Å².